The van der Waals surface area contributed by atoms with E-state index < -0.39 is 12.0 Å². The van der Waals surface area contributed by atoms with Gasteiger partial charge in [0.25, 0.3) is 0 Å². The molecule has 1 unspecified atom stereocenters. The van der Waals surface area contributed by atoms with Crippen molar-refractivity contribution in [3.05, 3.63) is 125 Å². The topological polar surface area (TPSA) is 84.9 Å². The van der Waals surface area contributed by atoms with E-state index in [9.17, 15) is 14.4 Å². The molecule has 44 heavy (non-hydrogen) atoms. The lowest BCUT2D eigenvalue weighted by atomic mass is 10.00. The van der Waals surface area contributed by atoms with Crippen LogP contribution >= 0.6 is 0 Å². The quantitative estimate of drug-likeness (QED) is 0.101. The number of esters is 1. The van der Waals surface area contributed by atoms with Crippen LogP contribution in [0.15, 0.2) is 103 Å². The molecule has 226 valence electrons. The minimum Gasteiger partial charge on any atom is -0.494 e. The monoisotopic (exact) mass is 590 g/mol. The Balaban J connectivity index is 1.18. The van der Waals surface area contributed by atoms with Crippen LogP contribution in [0.1, 0.15) is 46.3 Å². The van der Waals surface area contributed by atoms with E-state index in [0.717, 1.165) is 29.7 Å². The molecule has 5 rings (SSSR count). The number of methoxy groups -OCH3 is 1. The van der Waals surface area contributed by atoms with Gasteiger partial charge in [-0.25, -0.2) is 4.79 Å². The van der Waals surface area contributed by atoms with E-state index in [1.165, 1.54) is 7.11 Å². The maximum Gasteiger partial charge on any atom is 0.328 e. The molecule has 7 nitrogen and oxygen atoms in total. The molecule has 4 aromatic rings. The predicted octanol–water partition coefficient (Wildman–Crippen LogP) is 6.63. The fraction of sp³-hybridized carbons (Fsp3) is 0.270. The van der Waals surface area contributed by atoms with Crippen molar-refractivity contribution >= 4 is 29.0 Å². The number of ketones is 1. The van der Waals surface area contributed by atoms with Crippen molar-refractivity contribution in [1.29, 1.82) is 0 Å². The van der Waals surface area contributed by atoms with Gasteiger partial charge in [0.05, 0.1) is 13.7 Å². The maximum absolute atomic E-state index is 13.2. The van der Waals surface area contributed by atoms with Gasteiger partial charge in [0.1, 0.15) is 11.8 Å². The third-order valence-corrected chi connectivity index (χ3v) is 7.69. The minimum absolute atomic E-state index is 0.127. The number of carbonyl (C=O) groups excluding carboxylic acids is 3. The largest absolute Gasteiger partial charge is 0.494 e. The van der Waals surface area contributed by atoms with Crippen LogP contribution in [0.5, 0.6) is 5.75 Å². The highest BCUT2D eigenvalue weighted by Gasteiger charge is 2.34. The zero-order chi connectivity index (χ0) is 30.9. The van der Waals surface area contributed by atoms with Crippen LogP contribution in [-0.4, -0.2) is 44.0 Å². The Morgan fingerprint density at radius 2 is 1.61 bits per heavy atom. The summed E-state index contributed by atoms with van der Waals surface area (Å²) >= 11 is 0. The second kappa shape index (κ2) is 14.5. The predicted molar refractivity (Wildman–Crippen MR) is 172 cm³/mol. The molecule has 0 saturated heterocycles. The Morgan fingerprint density at radius 3 is 2.32 bits per heavy atom. The molecule has 1 atom stereocenters. The van der Waals surface area contributed by atoms with Gasteiger partial charge in [-0.3, -0.25) is 9.59 Å². The van der Waals surface area contributed by atoms with Gasteiger partial charge >= 0.3 is 5.97 Å². The van der Waals surface area contributed by atoms with Crippen molar-refractivity contribution in [2.24, 2.45) is 5.92 Å². The van der Waals surface area contributed by atoms with Crippen LogP contribution in [0.25, 0.3) is 0 Å². The highest BCUT2D eigenvalue weighted by Crippen LogP contribution is 2.33. The Labute approximate surface area is 258 Å². The zero-order valence-electron chi connectivity index (χ0n) is 25.2. The molecule has 0 spiro atoms. The van der Waals surface area contributed by atoms with E-state index in [0.29, 0.717) is 48.6 Å². The summed E-state index contributed by atoms with van der Waals surface area (Å²) < 4.78 is 11.1. The van der Waals surface area contributed by atoms with Gasteiger partial charge in [0, 0.05) is 41.4 Å². The van der Waals surface area contributed by atoms with Crippen LogP contribution in [0.4, 0.5) is 11.4 Å². The first-order valence-corrected chi connectivity index (χ1v) is 15.1. The van der Waals surface area contributed by atoms with E-state index in [4.69, 9.17) is 9.47 Å². The number of amides is 1. The number of anilines is 2. The number of nitrogens with zero attached hydrogens (tertiary/aromatic N) is 1. The normalized spacial score (nSPS) is 13.0. The van der Waals surface area contributed by atoms with Crippen molar-refractivity contribution in [2.45, 2.75) is 38.6 Å². The Morgan fingerprint density at radius 1 is 0.886 bits per heavy atom. The van der Waals surface area contributed by atoms with Gasteiger partial charge in [-0.05, 0) is 73.7 Å². The summed E-state index contributed by atoms with van der Waals surface area (Å²) in [4.78, 5) is 40.8. The lowest BCUT2D eigenvalue weighted by Gasteiger charge is -2.23. The standard InChI is InChI=1S/C37H38N2O5/c1-26-10-8-13-30(24-26)39(36(41)29-18-19-29)22-9-23-44-31-20-16-27(17-21-31)25-34(37(42)43-2)38-33-15-7-6-14-32(33)35(40)28-11-4-3-5-12-28/h3-8,10-17,20-21,24,29,34,38H,9,18-19,22-23,25H2,1-2H3. The summed E-state index contributed by atoms with van der Waals surface area (Å²) in [6.07, 6.45) is 2.99. The van der Waals surface area contributed by atoms with Crippen LogP contribution in [0, 0.1) is 12.8 Å². The Kier molecular flexibility index (Phi) is 10.1. The molecule has 4 aromatic carbocycles. The minimum atomic E-state index is -0.701. The molecular formula is C37H38N2O5. The Hall–Kier alpha value is -4.91. The van der Waals surface area contributed by atoms with E-state index in [1.807, 2.05) is 78.6 Å². The molecule has 0 aromatic heterocycles. The van der Waals surface area contributed by atoms with Gasteiger partial charge in [-0.2, -0.15) is 0 Å². The van der Waals surface area contributed by atoms with Gasteiger partial charge in [0.15, 0.2) is 5.78 Å². The lowest BCUT2D eigenvalue weighted by molar-refractivity contribution is -0.141. The molecular weight excluding hydrogens is 552 g/mol. The molecule has 0 radical (unpaired) electrons. The molecule has 0 bridgehead atoms. The molecule has 1 fully saturated rings. The summed E-state index contributed by atoms with van der Waals surface area (Å²) in [6, 6.07) is 31.2. The number of benzene rings is 4. The first kappa shape index (κ1) is 30.5. The third-order valence-electron chi connectivity index (χ3n) is 7.69. The van der Waals surface area contributed by atoms with E-state index in [2.05, 4.69) is 11.4 Å². The number of nitrogens with one attached hydrogen (secondary N) is 1. The molecule has 1 aliphatic rings. The Bertz CT molecular complexity index is 1580. The maximum atomic E-state index is 13.2. The summed E-state index contributed by atoms with van der Waals surface area (Å²) in [7, 11) is 1.35. The second-order valence-electron chi connectivity index (χ2n) is 11.1. The van der Waals surface area contributed by atoms with E-state index in [1.54, 1.807) is 30.3 Å². The summed E-state index contributed by atoms with van der Waals surface area (Å²) in [5, 5.41) is 3.24. The number of hydrogen-bond donors (Lipinski definition) is 1. The SMILES string of the molecule is COC(=O)C(Cc1ccc(OCCCN(C(=O)C2CC2)c2cccc(C)c2)cc1)Nc1ccccc1C(=O)c1ccccc1. The lowest BCUT2D eigenvalue weighted by Crippen LogP contribution is -2.34. The average molecular weight is 591 g/mol. The molecule has 1 N–H and O–H groups in total. The van der Waals surface area contributed by atoms with Gasteiger partial charge in [-0.1, -0.05) is 66.7 Å². The fourth-order valence-corrected chi connectivity index (χ4v) is 5.16. The summed E-state index contributed by atoms with van der Waals surface area (Å²) in [5.74, 6) is 0.501. The molecule has 0 aliphatic heterocycles. The highest BCUT2D eigenvalue weighted by atomic mass is 16.5. The molecule has 7 heteroatoms. The van der Waals surface area contributed by atoms with Crippen LogP contribution < -0.4 is 15.0 Å². The van der Waals surface area contributed by atoms with Crippen LogP contribution in [0.3, 0.4) is 0 Å². The van der Waals surface area contributed by atoms with E-state index in [-0.39, 0.29) is 17.6 Å². The summed E-state index contributed by atoms with van der Waals surface area (Å²) in [6.45, 7) is 3.10. The fourth-order valence-electron chi connectivity index (χ4n) is 5.16. The molecule has 1 aliphatic carbocycles. The molecule has 1 saturated carbocycles. The number of hydrogen-bond acceptors (Lipinski definition) is 6. The number of carbonyl (C=O) groups is 3. The molecule has 0 heterocycles. The van der Waals surface area contributed by atoms with Crippen molar-refractivity contribution in [1.82, 2.24) is 0 Å². The van der Waals surface area contributed by atoms with Gasteiger partial charge in [0.2, 0.25) is 5.91 Å². The number of rotatable bonds is 14. The summed E-state index contributed by atoms with van der Waals surface area (Å²) in [5.41, 5.74) is 4.60. The van der Waals surface area contributed by atoms with Crippen molar-refractivity contribution in [3.63, 3.8) is 0 Å². The van der Waals surface area contributed by atoms with Gasteiger partial charge in [-0.15, -0.1) is 0 Å². The number of ether oxygens (including phenoxy) is 2. The first-order chi connectivity index (χ1) is 21.4. The van der Waals surface area contributed by atoms with Crippen LogP contribution in [0.2, 0.25) is 0 Å². The smallest absolute Gasteiger partial charge is 0.328 e. The highest BCUT2D eigenvalue weighted by molar-refractivity contribution is 6.12. The van der Waals surface area contributed by atoms with Crippen molar-refractivity contribution in [3.8, 4) is 5.75 Å². The van der Waals surface area contributed by atoms with E-state index >= 15 is 0 Å². The second-order valence-corrected chi connectivity index (χ2v) is 11.1. The van der Waals surface area contributed by atoms with Crippen LogP contribution in [-0.2, 0) is 20.7 Å². The average Bonchev–Trinajstić information content (AvgIpc) is 3.91. The van der Waals surface area contributed by atoms with Crippen molar-refractivity contribution < 1.29 is 23.9 Å². The number of para-hydroxylation sites is 1. The zero-order valence-corrected chi connectivity index (χ0v) is 25.2. The van der Waals surface area contributed by atoms with Crippen molar-refractivity contribution in [2.75, 3.05) is 30.5 Å². The third kappa shape index (κ3) is 7.92. The number of aryl methyl sites for hydroxylation is 1. The first-order valence-electron chi connectivity index (χ1n) is 15.1. The van der Waals surface area contributed by atoms with Gasteiger partial charge < -0.3 is 19.7 Å². The molecule has 1 amide bonds.